The lowest BCUT2D eigenvalue weighted by Gasteiger charge is -2.23. The molecule has 1 atom stereocenters. The van der Waals surface area contributed by atoms with Crippen molar-refractivity contribution in [3.05, 3.63) is 58.1 Å². The van der Waals surface area contributed by atoms with Crippen LogP contribution >= 0.6 is 22.6 Å². The van der Waals surface area contributed by atoms with Gasteiger partial charge in [-0.2, -0.15) is 13.2 Å². The molecule has 0 saturated carbocycles. The van der Waals surface area contributed by atoms with Gasteiger partial charge in [0.1, 0.15) is 17.9 Å². The second-order valence-corrected chi connectivity index (χ2v) is 7.47. The van der Waals surface area contributed by atoms with E-state index < -0.39 is 40.5 Å². The van der Waals surface area contributed by atoms with E-state index >= 15 is 0 Å². The Balaban J connectivity index is 2.06. The third-order valence-corrected chi connectivity index (χ3v) is 4.72. The van der Waals surface area contributed by atoms with Crippen LogP contribution in [0.1, 0.15) is 12.5 Å². The number of nitrogens with zero attached hydrogens (tertiary/aromatic N) is 1. The van der Waals surface area contributed by atoms with Crippen LogP contribution in [0, 0.1) is 10.1 Å². The quantitative estimate of drug-likeness (QED) is 0.193. The van der Waals surface area contributed by atoms with Gasteiger partial charge in [-0.25, -0.2) is 0 Å². The number of ether oxygens (including phenoxy) is 1. The zero-order valence-electron chi connectivity index (χ0n) is 16.4. The van der Waals surface area contributed by atoms with Crippen molar-refractivity contribution in [2.45, 2.75) is 18.7 Å². The molecule has 0 spiro atoms. The van der Waals surface area contributed by atoms with E-state index in [1.807, 2.05) is 22.6 Å². The van der Waals surface area contributed by atoms with E-state index in [0.29, 0.717) is 17.8 Å². The summed E-state index contributed by atoms with van der Waals surface area (Å²) in [5.41, 5.74) is -4.71. The van der Waals surface area contributed by atoms with Crippen LogP contribution < -0.4 is 15.4 Å². The summed E-state index contributed by atoms with van der Waals surface area (Å²) in [4.78, 5) is 33.3. The molecule has 0 aliphatic rings. The van der Waals surface area contributed by atoms with Crippen molar-refractivity contribution < 1.29 is 37.5 Å². The van der Waals surface area contributed by atoms with Crippen LogP contribution in [-0.2, 0) is 15.8 Å². The van der Waals surface area contributed by atoms with E-state index in [4.69, 9.17) is 4.74 Å². The highest BCUT2D eigenvalue weighted by atomic mass is 127. The molecular weight excluding hydrogens is 550 g/mol. The van der Waals surface area contributed by atoms with Gasteiger partial charge in [-0.1, -0.05) is 22.6 Å². The molecule has 13 heteroatoms. The number of nitro benzene ring substituents is 1. The Hall–Kier alpha value is -2.94. The summed E-state index contributed by atoms with van der Waals surface area (Å²) >= 11 is 1.90. The molecule has 32 heavy (non-hydrogen) atoms. The highest BCUT2D eigenvalue weighted by molar-refractivity contribution is 14.1. The molecule has 0 aliphatic carbocycles. The van der Waals surface area contributed by atoms with E-state index in [2.05, 4.69) is 10.6 Å². The van der Waals surface area contributed by atoms with Crippen LogP contribution in [0.2, 0.25) is 0 Å². The first-order valence-corrected chi connectivity index (χ1v) is 10.3. The number of anilines is 2. The Labute approximate surface area is 193 Å². The Bertz CT molecular complexity index is 1010. The molecule has 0 aromatic heterocycles. The highest BCUT2D eigenvalue weighted by Gasteiger charge is 2.39. The summed E-state index contributed by atoms with van der Waals surface area (Å²) in [6.45, 7) is 0.546. The number of amides is 2. The van der Waals surface area contributed by atoms with E-state index in [1.54, 1.807) is 12.1 Å². The van der Waals surface area contributed by atoms with Gasteiger partial charge in [0, 0.05) is 17.4 Å². The largest absolute Gasteiger partial charge is 0.490 e. The Morgan fingerprint density at radius 3 is 2.25 bits per heavy atom. The molecule has 2 amide bonds. The number of alkyl halides is 4. The lowest BCUT2D eigenvalue weighted by atomic mass is 10.1. The van der Waals surface area contributed by atoms with Crippen LogP contribution in [0.15, 0.2) is 42.5 Å². The molecular formula is C19H17F3IN3O6. The minimum absolute atomic E-state index is 0.196. The van der Waals surface area contributed by atoms with Crippen molar-refractivity contribution in [2.75, 3.05) is 21.7 Å². The number of nitrogens with one attached hydrogen (secondary N) is 2. The maximum absolute atomic E-state index is 13.1. The minimum Gasteiger partial charge on any atom is -0.490 e. The van der Waals surface area contributed by atoms with Crippen LogP contribution in [-0.4, -0.2) is 38.5 Å². The number of rotatable bonds is 8. The lowest BCUT2D eigenvalue weighted by Crippen LogP contribution is -2.45. The third kappa shape index (κ3) is 6.78. The summed E-state index contributed by atoms with van der Waals surface area (Å²) in [7, 11) is 0. The van der Waals surface area contributed by atoms with Crippen LogP contribution in [0.4, 0.5) is 30.2 Å². The highest BCUT2D eigenvalue weighted by Crippen LogP contribution is 2.37. The van der Waals surface area contributed by atoms with E-state index in [9.17, 15) is 38.0 Å². The van der Waals surface area contributed by atoms with E-state index in [-0.39, 0.29) is 21.8 Å². The maximum Gasteiger partial charge on any atom is 0.423 e. The molecule has 2 aromatic rings. The fourth-order valence-corrected chi connectivity index (χ4v) is 2.57. The molecule has 0 saturated heterocycles. The van der Waals surface area contributed by atoms with Crippen molar-refractivity contribution in [1.82, 2.24) is 0 Å². The Kier molecular flexibility index (Phi) is 8.01. The first kappa shape index (κ1) is 25.3. The SMILES string of the molecule is C[C@](O)(COc1ccc(NC(=O)CI)cc1)C(=O)Nc1ccc([N+](=O)[O-])c(C(F)(F)F)c1. The molecule has 0 heterocycles. The predicted octanol–water partition coefficient (Wildman–Crippen LogP) is 3.76. The van der Waals surface area contributed by atoms with Crippen LogP contribution in [0.5, 0.6) is 5.75 Å². The van der Waals surface area contributed by atoms with Gasteiger partial charge in [-0.15, -0.1) is 0 Å². The van der Waals surface area contributed by atoms with Gasteiger partial charge in [0.25, 0.3) is 11.6 Å². The Morgan fingerprint density at radius 1 is 1.12 bits per heavy atom. The number of aliphatic hydroxyl groups is 1. The van der Waals surface area contributed by atoms with Gasteiger partial charge < -0.3 is 20.5 Å². The first-order valence-electron chi connectivity index (χ1n) is 8.81. The summed E-state index contributed by atoms with van der Waals surface area (Å²) < 4.78 is 44.9. The van der Waals surface area contributed by atoms with Crippen molar-refractivity contribution in [3.63, 3.8) is 0 Å². The molecule has 3 N–H and O–H groups in total. The molecule has 0 unspecified atom stereocenters. The van der Waals surface area contributed by atoms with Gasteiger partial charge in [0.05, 0.1) is 9.35 Å². The van der Waals surface area contributed by atoms with E-state index in [1.165, 1.54) is 12.1 Å². The summed E-state index contributed by atoms with van der Waals surface area (Å²) in [6.07, 6.45) is -5.02. The van der Waals surface area contributed by atoms with Gasteiger partial charge in [0.2, 0.25) is 5.91 Å². The Morgan fingerprint density at radius 2 is 1.72 bits per heavy atom. The standard InChI is InChI=1S/C19H17F3IN3O6/c1-18(29,10-32-13-5-2-11(3-6-13)24-16(27)9-23)17(28)25-12-4-7-15(26(30)31)14(8-12)19(20,21)22/h2-8,29H,9-10H2,1H3,(H,24,27)(H,25,28)/t18-/m0/s1. The fraction of sp³-hybridized carbons (Fsp3) is 0.263. The summed E-state index contributed by atoms with van der Waals surface area (Å²) in [5.74, 6) is -1.01. The van der Waals surface area contributed by atoms with Gasteiger partial charge >= 0.3 is 6.18 Å². The number of halogens is 4. The average molecular weight is 567 g/mol. The number of carbonyl (C=O) groups is 2. The molecule has 2 aromatic carbocycles. The molecule has 0 aliphatic heterocycles. The van der Waals surface area contributed by atoms with Crippen molar-refractivity contribution in [2.24, 2.45) is 0 Å². The van der Waals surface area contributed by atoms with Gasteiger partial charge in [-0.05, 0) is 43.3 Å². The normalized spacial score (nSPS) is 13.1. The maximum atomic E-state index is 13.1. The molecule has 9 nitrogen and oxygen atoms in total. The molecule has 2 rings (SSSR count). The molecule has 0 fully saturated rings. The molecule has 172 valence electrons. The monoisotopic (exact) mass is 567 g/mol. The lowest BCUT2D eigenvalue weighted by molar-refractivity contribution is -0.388. The minimum atomic E-state index is -5.02. The zero-order chi connectivity index (χ0) is 24.1. The second-order valence-electron chi connectivity index (χ2n) is 6.71. The summed E-state index contributed by atoms with van der Waals surface area (Å²) in [6, 6.07) is 8.02. The van der Waals surface area contributed by atoms with Gasteiger partial charge in [-0.3, -0.25) is 19.7 Å². The van der Waals surface area contributed by atoms with Crippen molar-refractivity contribution >= 4 is 51.5 Å². The third-order valence-electron chi connectivity index (χ3n) is 4.03. The number of hydrogen-bond acceptors (Lipinski definition) is 6. The second kappa shape index (κ2) is 10.1. The first-order chi connectivity index (χ1) is 14.8. The number of nitro groups is 1. The zero-order valence-corrected chi connectivity index (χ0v) is 18.6. The fourth-order valence-electron chi connectivity index (χ4n) is 2.38. The number of benzene rings is 2. The van der Waals surface area contributed by atoms with Crippen molar-refractivity contribution in [1.29, 1.82) is 0 Å². The van der Waals surface area contributed by atoms with Gasteiger partial charge in [0.15, 0.2) is 5.60 Å². The number of carbonyl (C=O) groups excluding carboxylic acids is 2. The molecule has 0 bridgehead atoms. The number of hydrogen-bond donors (Lipinski definition) is 3. The average Bonchev–Trinajstić information content (AvgIpc) is 2.72. The van der Waals surface area contributed by atoms with Crippen LogP contribution in [0.25, 0.3) is 0 Å². The predicted molar refractivity (Wildman–Crippen MR) is 117 cm³/mol. The molecule has 0 radical (unpaired) electrons. The smallest absolute Gasteiger partial charge is 0.423 e. The van der Waals surface area contributed by atoms with Crippen LogP contribution in [0.3, 0.4) is 0 Å². The topological polar surface area (TPSA) is 131 Å². The van der Waals surface area contributed by atoms with Crippen molar-refractivity contribution in [3.8, 4) is 5.75 Å². The van der Waals surface area contributed by atoms with E-state index in [0.717, 1.165) is 13.0 Å². The summed E-state index contributed by atoms with van der Waals surface area (Å²) in [5, 5.41) is 25.9.